The van der Waals surface area contributed by atoms with Gasteiger partial charge in [-0.1, -0.05) is 54.6 Å². The number of carboxylic acids is 1. The largest absolute Gasteiger partial charge is 1.00 e. The molecule has 19 heavy (non-hydrogen) atoms. The number of halogens is 1. The van der Waals surface area contributed by atoms with Gasteiger partial charge < -0.3 is 10.2 Å². The molecule has 0 heterocycles. The molecule has 0 aliphatic heterocycles. The smallest absolute Gasteiger partial charge is 0.872 e. The van der Waals surface area contributed by atoms with E-state index in [-0.39, 0.29) is 35.3 Å². The van der Waals surface area contributed by atoms with Gasteiger partial charge in [0, 0.05) is 0 Å². The van der Waals surface area contributed by atoms with E-state index in [1.165, 1.54) is 0 Å². The third-order valence-electron chi connectivity index (χ3n) is 2.09. The molecule has 0 saturated carbocycles. The molecule has 0 spiro atoms. The van der Waals surface area contributed by atoms with Gasteiger partial charge in [0.15, 0.2) is 6.67 Å². The van der Waals surface area contributed by atoms with E-state index in [1.807, 2.05) is 42.5 Å². The molecule has 2 aromatic rings. The average molecular weight is 270 g/mol. The Hall–Kier alpha value is -1.36. The van der Waals surface area contributed by atoms with Crippen molar-refractivity contribution in [2.45, 2.75) is 0 Å². The molecule has 0 unspecified atom stereocenters. The SMILES string of the molecule is O=C(O)CF.[Na+].[O-]c1ccccc1-c1ccccc1. The Morgan fingerprint density at radius 3 is 2.00 bits per heavy atom. The normalized spacial score (nSPS) is 8.68. The molecule has 0 atom stereocenters. The second-order valence-electron chi connectivity index (χ2n) is 3.39. The summed E-state index contributed by atoms with van der Waals surface area (Å²) >= 11 is 0. The fourth-order valence-corrected chi connectivity index (χ4v) is 1.32. The van der Waals surface area contributed by atoms with Crippen molar-refractivity contribution in [2.75, 3.05) is 6.67 Å². The van der Waals surface area contributed by atoms with Gasteiger partial charge in [-0.2, -0.15) is 0 Å². The fourth-order valence-electron chi connectivity index (χ4n) is 1.32. The van der Waals surface area contributed by atoms with E-state index in [1.54, 1.807) is 12.1 Å². The summed E-state index contributed by atoms with van der Waals surface area (Å²) in [5, 5.41) is 18.8. The standard InChI is InChI=1S/C12H10O.C2H3FO2.Na/c13-12-9-5-4-8-11(12)10-6-2-1-3-7-10;3-1-2(4)5;/h1-9,13H;1H2,(H,4,5);/q;;+1/p-1. The molecule has 0 amide bonds. The molecule has 2 rings (SSSR count). The maximum Gasteiger partial charge on any atom is 1.00 e. The second-order valence-corrected chi connectivity index (χ2v) is 3.39. The summed E-state index contributed by atoms with van der Waals surface area (Å²) in [7, 11) is 0. The van der Waals surface area contributed by atoms with E-state index < -0.39 is 12.6 Å². The number of carbonyl (C=O) groups is 1. The van der Waals surface area contributed by atoms with Crippen molar-refractivity contribution in [2.24, 2.45) is 0 Å². The number of carboxylic acid groups (broad SMARTS) is 1. The van der Waals surface area contributed by atoms with E-state index in [4.69, 9.17) is 9.90 Å². The number of para-hydroxylation sites is 1. The Balaban J connectivity index is 0.000000471. The molecular formula is C14H12FNaO3. The van der Waals surface area contributed by atoms with Crippen molar-refractivity contribution < 1.29 is 49.0 Å². The minimum atomic E-state index is -1.41. The van der Waals surface area contributed by atoms with Gasteiger partial charge in [-0.3, -0.25) is 0 Å². The van der Waals surface area contributed by atoms with Crippen molar-refractivity contribution in [3.8, 4) is 16.9 Å². The number of hydrogen-bond acceptors (Lipinski definition) is 2. The van der Waals surface area contributed by atoms with Crippen LogP contribution in [0.3, 0.4) is 0 Å². The van der Waals surface area contributed by atoms with Gasteiger partial charge in [-0.15, -0.1) is 5.75 Å². The first kappa shape index (κ1) is 17.6. The van der Waals surface area contributed by atoms with Crippen LogP contribution in [-0.2, 0) is 4.79 Å². The summed E-state index contributed by atoms with van der Waals surface area (Å²) in [4.78, 5) is 8.99. The Kier molecular flexibility index (Phi) is 8.87. The Morgan fingerprint density at radius 2 is 1.53 bits per heavy atom. The van der Waals surface area contributed by atoms with Crippen LogP contribution in [0.2, 0.25) is 0 Å². The van der Waals surface area contributed by atoms with Crippen molar-refractivity contribution in [3.05, 3.63) is 54.6 Å². The predicted octanol–water partition coefficient (Wildman–Crippen LogP) is -0.528. The molecule has 0 aliphatic carbocycles. The van der Waals surface area contributed by atoms with E-state index in [0.29, 0.717) is 0 Å². The number of aliphatic carboxylic acids is 1. The van der Waals surface area contributed by atoms with E-state index in [9.17, 15) is 9.50 Å². The van der Waals surface area contributed by atoms with Gasteiger partial charge in [-0.25, -0.2) is 9.18 Å². The molecule has 0 radical (unpaired) electrons. The molecule has 5 heteroatoms. The zero-order chi connectivity index (χ0) is 13.4. The van der Waals surface area contributed by atoms with Crippen LogP contribution in [0.1, 0.15) is 0 Å². The monoisotopic (exact) mass is 270 g/mol. The molecule has 2 aromatic carbocycles. The third-order valence-corrected chi connectivity index (χ3v) is 2.09. The maximum absolute atomic E-state index is 11.4. The summed E-state index contributed by atoms with van der Waals surface area (Å²) in [5.41, 5.74) is 1.75. The van der Waals surface area contributed by atoms with Gasteiger partial charge in [0.05, 0.1) is 0 Å². The Bertz CT molecular complexity index is 503. The van der Waals surface area contributed by atoms with Crippen molar-refractivity contribution in [3.63, 3.8) is 0 Å². The third kappa shape index (κ3) is 6.38. The Labute approximate surface area is 133 Å². The van der Waals surface area contributed by atoms with Crippen LogP contribution in [0, 0.1) is 0 Å². The zero-order valence-corrected chi connectivity index (χ0v) is 12.5. The molecule has 0 aromatic heterocycles. The summed E-state index contributed by atoms with van der Waals surface area (Å²) in [5.74, 6) is -1.33. The van der Waals surface area contributed by atoms with Gasteiger partial charge in [-0.05, 0) is 11.1 Å². The average Bonchev–Trinajstić information content (AvgIpc) is 2.41. The molecule has 0 fully saturated rings. The van der Waals surface area contributed by atoms with Crippen molar-refractivity contribution in [1.29, 1.82) is 0 Å². The van der Waals surface area contributed by atoms with Crippen LogP contribution in [0.4, 0.5) is 4.39 Å². The number of hydrogen-bond donors (Lipinski definition) is 1. The van der Waals surface area contributed by atoms with E-state index in [0.717, 1.165) is 11.1 Å². The summed E-state index contributed by atoms with van der Waals surface area (Å²) in [6, 6.07) is 16.8. The minimum absolute atomic E-state index is 0. The topological polar surface area (TPSA) is 60.4 Å². The second kappa shape index (κ2) is 9.55. The van der Waals surface area contributed by atoms with Crippen molar-refractivity contribution >= 4 is 5.97 Å². The fraction of sp³-hybridized carbons (Fsp3) is 0.0714. The first-order valence-electron chi connectivity index (χ1n) is 5.24. The molecule has 0 bridgehead atoms. The molecule has 3 nitrogen and oxygen atoms in total. The van der Waals surface area contributed by atoms with Crippen LogP contribution in [0.5, 0.6) is 5.75 Å². The zero-order valence-electron chi connectivity index (χ0n) is 10.5. The van der Waals surface area contributed by atoms with Gasteiger partial charge >= 0.3 is 35.5 Å². The molecule has 0 saturated heterocycles. The molecular weight excluding hydrogens is 258 g/mol. The van der Waals surface area contributed by atoms with Crippen LogP contribution in [0.15, 0.2) is 54.6 Å². The van der Waals surface area contributed by atoms with E-state index >= 15 is 0 Å². The molecule has 1 N–H and O–H groups in total. The predicted molar refractivity (Wildman–Crippen MR) is 64.9 cm³/mol. The number of alkyl halides is 1. The summed E-state index contributed by atoms with van der Waals surface area (Å²) in [6.07, 6.45) is 0. The number of rotatable bonds is 2. The van der Waals surface area contributed by atoms with Crippen LogP contribution < -0.4 is 34.7 Å². The van der Waals surface area contributed by atoms with Crippen molar-refractivity contribution in [1.82, 2.24) is 0 Å². The first-order valence-corrected chi connectivity index (χ1v) is 5.24. The quantitative estimate of drug-likeness (QED) is 0.746. The molecule has 94 valence electrons. The number of benzene rings is 2. The van der Waals surface area contributed by atoms with Crippen LogP contribution in [0.25, 0.3) is 11.1 Å². The molecule has 0 aliphatic rings. The van der Waals surface area contributed by atoms with E-state index in [2.05, 4.69) is 0 Å². The van der Waals surface area contributed by atoms with Gasteiger partial charge in [0.1, 0.15) is 0 Å². The minimum Gasteiger partial charge on any atom is -0.872 e. The first-order chi connectivity index (χ1) is 8.65. The summed E-state index contributed by atoms with van der Waals surface area (Å²) < 4.78 is 10.5. The van der Waals surface area contributed by atoms with Crippen LogP contribution >= 0.6 is 0 Å². The summed E-state index contributed by atoms with van der Waals surface area (Å²) in [6.45, 7) is -1.28. The van der Waals surface area contributed by atoms with Gasteiger partial charge in [0.25, 0.3) is 0 Å². The maximum atomic E-state index is 11.4. The van der Waals surface area contributed by atoms with Gasteiger partial charge in [0.2, 0.25) is 0 Å². The van der Waals surface area contributed by atoms with Crippen LogP contribution in [-0.4, -0.2) is 17.8 Å². The Morgan fingerprint density at radius 1 is 1.05 bits per heavy atom.